The maximum atomic E-state index is 6.51. The molecule has 1 aromatic carbocycles. The molecule has 0 bridgehead atoms. The molecule has 0 amide bonds. The predicted molar refractivity (Wildman–Crippen MR) is 118 cm³/mol. The molecule has 0 aromatic heterocycles. The molecule has 2 saturated heterocycles. The van der Waals surface area contributed by atoms with Gasteiger partial charge in [0.05, 0.1) is 6.04 Å². The van der Waals surface area contributed by atoms with Crippen molar-refractivity contribution in [2.24, 2.45) is 5.41 Å². The van der Waals surface area contributed by atoms with Crippen molar-refractivity contribution in [1.29, 1.82) is 0 Å². The number of thioether (sulfide) groups is 1. The summed E-state index contributed by atoms with van der Waals surface area (Å²) in [7, 11) is 2.28. The lowest BCUT2D eigenvalue weighted by Crippen LogP contribution is -2.69. The second-order valence-corrected chi connectivity index (χ2v) is 10.3. The molecular weight excluding hydrogens is 372 g/mol. The Hall–Kier alpha value is -0.780. The molecule has 1 spiro atoms. The van der Waals surface area contributed by atoms with Gasteiger partial charge < -0.3 is 9.64 Å². The van der Waals surface area contributed by atoms with Crippen LogP contribution in [-0.2, 0) is 10.2 Å². The summed E-state index contributed by atoms with van der Waals surface area (Å²) in [6, 6.07) is 10.2. The molecule has 1 saturated carbocycles. The van der Waals surface area contributed by atoms with Gasteiger partial charge in [-0.2, -0.15) is 0 Å². The summed E-state index contributed by atoms with van der Waals surface area (Å²) in [5.74, 6) is 0. The molecule has 1 aromatic rings. The number of benzene rings is 1. The van der Waals surface area contributed by atoms with Gasteiger partial charge in [-0.25, -0.2) is 0 Å². The van der Waals surface area contributed by atoms with E-state index in [2.05, 4.69) is 48.0 Å². The van der Waals surface area contributed by atoms with Crippen molar-refractivity contribution in [2.45, 2.75) is 62.6 Å². The van der Waals surface area contributed by atoms with Crippen LogP contribution in [0.4, 0.5) is 5.69 Å². The number of hydrogen-bond acceptors (Lipinski definition) is 5. The Balaban J connectivity index is 1.70. The number of rotatable bonds is 2. The van der Waals surface area contributed by atoms with E-state index in [1.807, 2.05) is 6.26 Å². The maximum absolute atomic E-state index is 6.51. The third-order valence-electron chi connectivity index (χ3n) is 8.17. The van der Waals surface area contributed by atoms with Crippen LogP contribution < -0.4 is 4.90 Å². The van der Waals surface area contributed by atoms with E-state index >= 15 is 0 Å². The van der Waals surface area contributed by atoms with Gasteiger partial charge in [0.15, 0.2) is 0 Å². The Morgan fingerprint density at radius 3 is 2.89 bits per heavy atom. The zero-order valence-corrected chi connectivity index (χ0v) is 18.2. The highest BCUT2D eigenvalue weighted by molar-refractivity contribution is 8.22. The third kappa shape index (κ3) is 2.28. The molecule has 27 heavy (non-hydrogen) atoms. The minimum atomic E-state index is 0.177. The second kappa shape index (κ2) is 6.36. The molecule has 3 fully saturated rings. The van der Waals surface area contributed by atoms with Crippen molar-refractivity contribution in [1.82, 2.24) is 4.90 Å². The summed E-state index contributed by atoms with van der Waals surface area (Å²) < 4.78 is 7.22. The molecule has 3 nitrogen and oxygen atoms in total. The van der Waals surface area contributed by atoms with Gasteiger partial charge in [-0.3, -0.25) is 4.90 Å². The first kappa shape index (κ1) is 18.3. The zero-order valence-electron chi connectivity index (χ0n) is 16.6. The molecule has 4 aliphatic rings. The number of ether oxygens (including phenoxy) is 1. The summed E-state index contributed by atoms with van der Waals surface area (Å²) in [4.78, 5) is 5.36. The number of thiocarbonyl (C=S) groups is 1. The number of anilines is 1. The number of hydrogen-bond donors (Lipinski definition) is 0. The SMILES string of the molecule is CC[C@@]12CCCN3CC[C@]4(c5ccccc5N(C)[C@@H]4[C@H](OC(=S)SC)C1)[C@H]32. The minimum absolute atomic E-state index is 0.177. The Morgan fingerprint density at radius 1 is 1.30 bits per heavy atom. The molecule has 146 valence electrons. The van der Waals surface area contributed by atoms with Crippen LogP contribution in [0.2, 0.25) is 0 Å². The van der Waals surface area contributed by atoms with Crippen LogP contribution in [0.1, 0.15) is 44.6 Å². The van der Waals surface area contributed by atoms with Crippen molar-refractivity contribution >= 4 is 34.0 Å². The summed E-state index contributed by atoms with van der Waals surface area (Å²) in [6.45, 7) is 4.90. The van der Waals surface area contributed by atoms with Crippen LogP contribution in [0.15, 0.2) is 24.3 Å². The Kier molecular flexibility index (Phi) is 4.30. The molecule has 0 radical (unpaired) electrons. The number of likely N-dealkylation sites (N-methyl/N-ethyl adjacent to an activating group) is 1. The van der Waals surface area contributed by atoms with Gasteiger partial charge in [-0.1, -0.05) is 36.9 Å². The lowest BCUT2D eigenvalue weighted by molar-refractivity contribution is -0.0793. The number of piperidine rings is 1. The van der Waals surface area contributed by atoms with Gasteiger partial charge in [-0.15, -0.1) is 0 Å². The van der Waals surface area contributed by atoms with Crippen LogP contribution in [0, 0.1) is 5.41 Å². The molecule has 5 rings (SSSR count). The van der Waals surface area contributed by atoms with Gasteiger partial charge in [0.25, 0.3) is 0 Å². The zero-order chi connectivity index (χ0) is 18.8. The molecule has 5 atom stereocenters. The highest BCUT2D eigenvalue weighted by Gasteiger charge is 2.70. The normalized spacial score (nSPS) is 39.7. The number of nitrogens with zero attached hydrogens (tertiary/aromatic N) is 2. The van der Waals surface area contributed by atoms with Crippen LogP contribution in [0.3, 0.4) is 0 Å². The van der Waals surface area contributed by atoms with Crippen molar-refractivity contribution in [2.75, 3.05) is 31.3 Å². The van der Waals surface area contributed by atoms with Crippen LogP contribution >= 0.6 is 24.0 Å². The maximum Gasteiger partial charge on any atom is 0.220 e. The molecular formula is C22H30N2OS2. The quantitative estimate of drug-likeness (QED) is 0.678. The van der Waals surface area contributed by atoms with Crippen molar-refractivity contribution in [3.63, 3.8) is 0 Å². The predicted octanol–water partition coefficient (Wildman–Crippen LogP) is 4.44. The summed E-state index contributed by atoms with van der Waals surface area (Å²) in [5, 5.41) is 0. The first-order chi connectivity index (χ1) is 13.1. The summed E-state index contributed by atoms with van der Waals surface area (Å²) in [6.07, 6.45) is 8.48. The monoisotopic (exact) mass is 402 g/mol. The van der Waals surface area contributed by atoms with Crippen LogP contribution in [0.25, 0.3) is 0 Å². The van der Waals surface area contributed by atoms with E-state index in [1.54, 1.807) is 17.3 Å². The molecule has 5 heteroatoms. The summed E-state index contributed by atoms with van der Waals surface area (Å²) in [5.41, 5.74) is 3.50. The summed E-state index contributed by atoms with van der Waals surface area (Å²) >= 11 is 7.11. The smallest absolute Gasteiger partial charge is 0.220 e. The molecule has 0 N–H and O–H groups in total. The first-order valence-electron chi connectivity index (χ1n) is 10.4. The van der Waals surface area contributed by atoms with E-state index in [0.29, 0.717) is 21.9 Å². The van der Waals surface area contributed by atoms with E-state index < -0.39 is 0 Å². The van der Waals surface area contributed by atoms with Gasteiger partial charge in [0, 0.05) is 24.2 Å². The van der Waals surface area contributed by atoms with Gasteiger partial charge in [-0.05, 0) is 80.7 Å². The van der Waals surface area contributed by atoms with Crippen LogP contribution in [-0.4, -0.2) is 53.9 Å². The van der Waals surface area contributed by atoms with E-state index in [9.17, 15) is 0 Å². The Morgan fingerprint density at radius 2 is 2.11 bits per heavy atom. The van der Waals surface area contributed by atoms with E-state index in [1.165, 1.54) is 44.5 Å². The van der Waals surface area contributed by atoms with Crippen LogP contribution in [0.5, 0.6) is 0 Å². The first-order valence-corrected chi connectivity index (χ1v) is 12.0. The van der Waals surface area contributed by atoms with E-state index in [4.69, 9.17) is 17.0 Å². The average Bonchev–Trinajstić information content (AvgIpc) is 3.20. The molecule has 0 unspecified atom stereocenters. The van der Waals surface area contributed by atoms with Crippen molar-refractivity contribution in [3.05, 3.63) is 29.8 Å². The Labute approximate surface area is 172 Å². The number of para-hydroxylation sites is 1. The van der Waals surface area contributed by atoms with Crippen molar-refractivity contribution in [3.8, 4) is 0 Å². The highest BCUT2D eigenvalue weighted by Crippen LogP contribution is 2.65. The lowest BCUT2D eigenvalue weighted by Gasteiger charge is -2.60. The lowest BCUT2D eigenvalue weighted by atomic mass is 9.51. The molecule has 1 aliphatic carbocycles. The fraction of sp³-hybridized carbons (Fsp3) is 0.682. The van der Waals surface area contributed by atoms with E-state index in [-0.39, 0.29) is 11.5 Å². The van der Waals surface area contributed by atoms with Crippen molar-refractivity contribution < 1.29 is 4.74 Å². The van der Waals surface area contributed by atoms with Gasteiger partial charge in [0.1, 0.15) is 6.10 Å². The number of fused-ring (bicyclic) bond motifs is 1. The Bertz CT molecular complexity index is 770. The largest absolute Gasteiger partial charge is 0.473 e. The second-order valence-electron chi connectivity index (χ2n) is 8.94. The fourth-order valence-electron chi connectivity index (χ4n) is 7.39. The minimum Gasteiger partial charge on any atom is -0.473 e. The highest BCUT2D eigenvalue weighted by atomic mass is 32.2. The topological polar surface area (TPSA) is 15.7 Å². The average molecular weight is 403 g/mol. The molecule has 3 aliphatic heterocycles. The van der Waals surface area contributed by atoms with Gasteiger partial charge in [0.2, 0.25) is 4.38 Å². The standard InChI is InChI=1S/C22H30N2OS2/c1-4-21-10-7-12-24-13-11-22(19(21)24)15-8-5-6-9-16(15)23(2)18(22)17(14-21)25-20(26)27-3/h5-6,8-9,17-19H,4,7,10-14H2,1-3H3/t17-,18-,19-,21-,22-/m1/s1. The van der Waals surface area contributed by atoms with Gasteiger partial charge >= 0.3 is 0 Å². The van der Waals surface area contributed by atoms with E-state index in [0.717, 1.165) is 6.42 Å². The molecule has 3 heterocycles. The third-order valence-corrected chi connectivity index (χ3v) is 9.20. The fourth-order valence-corrected chi connectivity index (χ4v) is 7.73.